The maximum Gasteiger partial charge on any atom is 0.222 e. The largest absolute Gasteiger partial charge is 0.381 e. The molecule has 2 heterocycles. The van der Waals surface area contributed by atoms with Gasteiger partial charge in [-0.15, -0.1) is 0 Å². The first-order valence-corrected chi connectivity index (χ1v) is 10.6. The number of rotatable bonds is 8. The highest BCUT2D eigenvalue weighted by Gasteiger charge is 2.17. The number of nitrogens with one attached hydrogen (secondary N) is 1. The Morgan fingerprint density at radius 2 is 2.12 bits per heavy atom. The van der Waals surface area contributed by atoms with Crippen LogP contribution >= 0.6 is 0 Å². The van der Waals surface area contributed by atoms with E-state index in [1.54, 1.807) is 0 Å². The van der Waals surface area contributed by atoms with Crippen molar-refractivity contribution in [2.45, 2.75) is 58.3 Å². The normalized spacial score (nSPS) is 20.2. The van der Waals surface area contributed by atoms with Crippen LogP contribution in [0.2, 0.25) is 0 Å². The molecule has 2 fully saturated rings. The zero-order chi connectivity index (χ0) is 18.6. The molecular weight excluding hydrogens is 328 g/mol. The first kappa shape index (κ1) is 21.0. The maximum absolute atomic E-state index is 12.0. The number of carbonyl (C=O) groups excluding carboxylic acids is 1. The molecule has 0 aliphatic carbocycles. The predicted octanol–water partition coefficient (Wildman–Crippen LogP) is 2.49. The molecule has 0 bridgehead atoms. The zero-order valence-corrected chi connectivity index (χ0v) is 16.8. The van der Waals surface area contributed by atoms with E-state index in [2.05, 4.69) is 24.2 Å². The molecule has 26 heavy (non-hydrogen) atoms. The van der Waals surface area contributed by atoms with Crippen LogP contribution in [0.25, 0.3) is 0 Å². The van der Waals surface area contributed by atoms with E-state index in [9.17, 15) is 4.79 Å². The van der Waals surface area contributed by atoms with Gasteiger partial charge in [0.2, 0.25) is 5.91 Å². The van der Waals surface area contributed by atoms with Gasteiger partial charge in [0.15, 0.2) is 5.96 Å². The lowest BCUT2D eigenvalue weighted by molar-refractivity contribution is -0.130. The molecule has 0 radical (unpaired) electrons. The third-order valence-electron chi connectivity index (χ3n) is 5.43. The summed E-state index contributed by atoms with van der Waals surface area (Å²) < 4.78 is 5.45. The van der Waals surface area contributed by atoms with E-state index < -0.39 is 0 Å². The van der Waals surface area contributed by atoms with Crippen molar-refractivity contribution in [2.75, 3.05) is 53.0 Å². The van der Waals surface area contributed by atoms with E-state index in [1.807, 2.05) is 4.90 Å². The number of amides is 1. The average molecular weight is 367 g/mol. The van der Waals surface area contributed by atoms with Crippen LogP contribution in [-0.4, -0.2) is 74.7 Å². The standard InChI is InChI=1S/C20H38N4O2/c1-3-21-20(23(2)15-9-18-10-16-26-17-11-18)22-12-7-14-24-13-6-4-5-8-19(24)25/h18H,3-17H2,1-2H3,(H,21,22). The summed E-state index contributed by atoms with van der Waals surface area (Å²) in [5.74, 6) is 2.09. The second kappa shape index (κ2) is 12.2. The third kappa shape index (κ3) is 7.52. The fourth-order valence-corrected chi connectivity index (χ4v) is 3.71. The molecule has 0 aromatic heterocycles. The summed E-state index contributed by atoms with van der Waals surface area (Å²) in [7, 11) is 2.12. The first-order chi connectivity index (χ1) is 12.7. The SMILES string of the molecule is CCNC(=NCCCN1CCCCCC1=O)N(C)CCC1CCOCC1. The molecule has 1 amide bonds. The molecule has 0 aromatic rings. The minimum atomic E-state index is 0.326. The lowest BCUT2D eigenvalue weighted by Crippen LogP contribution is -2.40. The smallest absolute Gasteiger partial charge is 0.222 e. The second-order valence-corrected chi connectivity index (χ2v) is 7.55. The summed E-state index contributed by atoms with van der Waals surface area (Å²) in [4.78, 5) is 21.1. The van der Waals surface area contributed by atoms with Crippen molar-refractivity contribution in [2.24, 2.45) is 10.9 Å². The van der Waals surface area contributed by atoms with Gasteiger partial charge in [0.05, 0.1) is 0 Å². The van der Waals surface area contributed by atoms with Crippen molar-refractivity contribution in [1.29, 1.82) is 0 Å². The summed E-state index contributed by atoms with van der Waals surface area (Å²) in [5.41, 5.74) is 0. The monoisotopic (exact) mass is 366 g/mol. The highest BCUT2D eigenvalue weighted by atomic mass is 16.5. The van der Waals surface area contributed by atoms with Crippen molar-refractivity contribution < 1.29 is 9.53 Å². The summed E-state index contributed by atoms with van der Waals surface area (Å²) >= 11 is 0. The van der Waals surface area contributed by atoms with E-state index in [4.69, 9.17) is 9.73 Å². The summed E-state index contributed by atoms with van der Waals surface area (Å²) in [6.07, 6.45) is 8.62. The lowest BCUT2D eigenvalue weighted by Gasteiger charge is -2.27. The van der Waals surface area contributed by atoms with Gasteiger partial charge in [-0.1, -0.05) is 6.42 Å². The Morgan fingerprint density at radius 3 is 2.88 bits per heavy atom. The van der Waals surface area contributed by atoms with Gasteiger partial charge in [-0.25, -0.2) is 0 Å². The Kier molecular flexibility index (Phi) is 9.82. The number of aliphatic imine (C=N–C) groups is 1. The molecule has 0 aromatic carbocycles. The van der Waals surface area contributed by atoms with Gasteiger partial charge in [-0.3, -0.25) is 9.79 Å². The van der Waals surface area contributed by atoms with E-state index in [0.29, 0.717) is 5.91 Å². The van der Waals surface area contributed by atoms with Crippen LogP contribution in [0, 0.1) is 5.92 Å². The van der Waals surface area contributed by atoms with Crippen LogP contribution in [-0.2, 0) is 9.53 Å². The molecule has 2 rings (SSSR count). The molecule has 6 nitrogen and oxygen atoms in total. The Morgan fingerprint density at radius 1 is 1.31 bits per heavy atom. The summed E-state index contributed by atoms with van der Waals surface area (Å²) in [5, 5.41) is 3.40. The Balaban J connectivity index is 1.72. The summed E-state index contributed by atoms with van der Waals surface area (Å²) in [6, 6.07) is 0. The fraction of sp³-hybridized carbons (Fsp3) is 0.900. The number of nitrogens with zero attached hydrogens (tertiary/aromatic N) is 3. The van der Waals surface area contributed by atoms with Gasteiger partial charge in [0, 0.05) is 59.4 Å². The van der Waals surface area contributed by atoms with E-state index in [0.717, 1.165) is 83.5 Å². The van der Waals surface area contributed by atoms with Crippen LogP contribution in [0.3, 0.4) is 0 Å². The molecule has 1 N–H and O–H groups in total. The zero-order valence-electron chi connectivity index (χ0n) is 16.8. The molecule has 2 saturated heterocycles. The predicted molar refractivity (Wildman–Crippen MR) is 106 cm³/mol. The highest BCUT2D eigenvalue weighted by Crippen LogP contribution is 2.18. The van der Waals surface area contributed by atoms with Crippen molar-refractivity contribution in [3.05, 3.63) is 0 Å². The second-order valence-electron chi connectivity index (χ2n) is 7.55. The number of hydrogen-bond donors (Lipinski definition) is 1. The van der Waals surface area contributed by atoms with Crippen molar-refractivity contribution in [3.8, 4) is 0 Å². The van der Waals surface area contributed by atoms with Gasteiger partial charge in [-0.05, 0) is 51.4 Å². The molecule has 2 aliphatic heterocycles. The third-order valence-corrected chi connectivity index (χ3v) is 5.43. The maximum atomic E-state index is 12.0. The number of ether oxygens (including phenoxy) is 1. The van der Waals surface area contributed by atoms with E-state index in [1.165, 1.54) is 25.7 Å². The Bertz CT molecular complexity index is 436. The minimum absolute atomic E-state index is 0.326. The molecule has 150 valence electrons. The van der Waals surface area contributed by atoms with Gasteiger partial charge < -0.3 is 19.9 Å². The lowest BCUT2D eigenvalue weighted by atomic mass is 9.96. The van der Waals surface area contributed by atoms with Gasteiger partial charge in [0.25, 0.3) is 0 Å². The fourth-order valence-electron chi connectivity index (χ4n) is 3.71. The van der Waals surface area contributed by atoms with Crippen LogP contribution in [0.15, 0.2) is 4.99 Å². The van der Waals surface area contributed by atoms with E-state index in [-0.39, 0.29) is 0 Å². The number of hydrogen-bond acceptors (Lipinski definition) is 3. The first-order valence-electron chi connectivity index (χ1n) is 10.6. The number of carbonyl (C=O) groups is 1. The van der Waals surface area contributed by atoms with Gasteiger partial charge >= 0.3 is 0 Å². The van der Waals surface area contributed by atoms with Crippen LogP contribution in [0.4, 0.5) is 0 Å². The topological polar surface area (TPSA) is 57.2 Å². The molecule has 6 heteroatoms. The van der Waals surface area contributed by atoms with Crippen molar-refractivity contribution in [3.63, 3.8) is 0 Å². The molecular formula is C20H38N4O2. The van der Waals surface area contributed by atoms with Gasteiger partial charge in [-0.2, -0.15) is 0 Å². The van der Waals surface area contributed by atoms with Crippen LogP contribution in [0.5, 0.6) is 0 Å². The number of likely N-dealkylation sites (tertiary alicyclic amines) is 1. The molecule has 0 saturated carbocycles. The summed E-state index contributed by atoms with van der Waals surface area (Å²) in [6.45, 7) is 8.38. The molecule has 0 atom stereocenters. The quantitative estimate of drug-likeness (QED) is 0.407. The molecule has 0 unspecified atom stereocenters. The molecule has 2 aliphatic rings. The van der Waals surface area contributed by atoms with Crippen LogP contribution in [0.1, 0.15) is 58.3 Å². The Labute approximate surface area is 159 Å². The Hall–Kier alpha value is -1.30. The van der Waals surface area contributed by atoms with Gasteiger partial charge in [0.1, 0.15) is 0 Å². The highest BCUT2D eigenvalue weighted by molar-refractivity contribution is 5.79. The van der Waals surface area contributed by atoms with Crippen molar-refractivity contribution in [1.82, 2.24) is 15.1 Å². The van der Waals surface area contributed by atoms with E-state index >= 15 is 0 Å². The molecule has 0 spiro atoms. The van der Waals surface area contributed by atoms with Crippen LogP contribution < -0.4 is 5.32 Å². The van der Waals surface area contributed by atoms with Crippen molar-refractivity contribution >= 4 is 11.9 Å². The average Bonchev–Trinajstić information content (AvgIpc) is 2.87. The minimum Gasteiger partial charge on any atom is -0.381 e. The number of guanidine groups is 1.